The van der Waals surface area contributed by atoms with Gasteiger partial charge in [-0.05, 0) is 6.42 Å². The Morgan fingerprint density at radius 2 is 1.92 bits per heavy atom. The third kappa shape index (κ3) is 12.9. The van der Waals surface area contributed by atoms with Crippen molar-refractivity contribution in [3.63, 3.8) is 0 Å². The standard InChI is InChI=1S/C6H10F3O2.Li/c1-5(10)2-3-11-4-6(7,8)9;/h5H,2-4H2,1H3;/q-1;+1. The van der Waals surface area contributed by atoms with Crippen LogP contribution in [0.3, 0.4) is 0 Å². The molecule has 0 bridgehead atoms. The number of alkyl halides is 3. The van der Waals surface area contributed by atoms with Crippen LogP contribution in [0.2, 0.25) is 0 Å². The first kappa shape index (κ1) is 14.8. The van der Waals surface area contributed by atoms with Gasteiger partial charge in [-0.1, -0.05) is 6.92 Å². The van der Waals surface area contributed by atoms with E-state index in [2.05, 4.69) is 4.74 Å². The zero-order valence-electron chi connectivity index (χ0n) is 7.15. The van der Waals surface area contributed by atoms with E-state index in [9.17, 15) is 18.3 Å². The summed E-state index contributed by atoms with van der Waals surface area (Å²) in [6.45, 7) is 0.000839. The minimum absolute atomic E-state index is 0. The maximum absolute atomic E-state index is 11.4. The summed E-state index contributed by atoms with van der Waals surface area (Å²) in [5.74, 6) is 0. The van der Waals surface area contributed by atoms with Crippen molar-refractivity contribution in [1.29, 1.82) is 0 Å². The molecule has 0 saturated carbocycles. The van der Waals surface area contributed by atoms with Gasteiger partial charge in [0.05, 0.1) is 0 Å². The molecule has 0 aliphatic carbocycles. The second kappa shape index (κ2) is 6.78. The molecular formula is C6H10F3LiO2. The molecule has 68 valence electrons. The van der Waals surface area contributed by atoms with E-state index < -0.39 is 18.9 Å². The molecule has 0 fully saturated rings. The fourth-order valence-electron chi connectivity index (χ4n) is 0.437. The monoisotopic (exact) mass is 178 g/mol. The summed E-state index contributed by atoms with van der Waals surface area (Å²) < 4.78 is 38.3. The zero-order chi connectivity index (χ0) is 8.91. The Morgan fingerprint density at radius 3 is 2.25 bits per heavy atom. The second-order valence-corrected chi connectivity index (χ2v) is 2.27. The van der Waals surface area contributed by atoms with Crippen molar-refractivity contribution in [2.75, 3.05) is 13.2 Å². The fraction of sp³-hybridized carbons (Fsp3) is 1.00. The van der Waals surface area contributed by atoms with E-state index >= 15 is 0 Å². The first-order valence-corrected chi connectivity index (χ1v) is 3.22. The van der Waals surface area contributed by atoms with Crippen molar-refractivity contribution in [3.05, 3.63) is 0 Å². The molecule has 0 aromatic heterocycles. The smallest absolute Gasteiger partial charge is 0.852 e. The molecule has 0 aromatic carbocycles. The first-order chi connectivity index (χ1) is 4.92. The van der Waals surface area contributed by atoms with Crippen molar-refractivity contribution in [3.8, 4) is 0 Å². The molecule has 0 amide bonds. The SMILES string of the molecule is CC([O-])CCOCC(F)(F)F.[Li+]. The number of hydrogen-bond acceptors (Lipinski definition) is 2. The summed E-state index contributed by atoms with van der Waals surface area (Å²) in [6.07, 6.45) is -5.02. The molecule has 12 heavy (non-hydrogen) atoms. The molecule has 1 atom stereocenters. The van der Waals surface area contributed by atoms with Crippen molar-refractivity contribution in [2.24, 2.45) is 0 Å². The summed E-state index contributed by atoms with van der Waals surface area (Å²) in [5.41, 5.74) is 0. The van der Waals surface area contributed by atoms with Crippen LogP contribution in [-0.2, 0) is 4.74 Å². The maximum Gasteiger partial charge on any atom is 1.00 e. The second-order valence-electron chi connectivity index (χ2n) is 2.27. The Labute approximate surface area is 81.3 Å². The van der Waals surface area contributed by atoms with Crippen LogP contribution in [0.15, 0.2) is 0 Å². The maximum atomic E-state index is 11.4. The van der Waals surface area contributed by atoms with Crippen molar-refractivity contribution in [2.45, 2.75) is 25.6 Å². The van der Waals surface area contributed by atoms with Gasteiger partial charge in [-0.25, -0.2) is 0 Å². The van der Waals surface area contributed by atoms with Crippen LogP contribution in [0.5, 0.6) is 0 Å². The molecule has 0 radical (unpaired) electrons. The van der Waals surface area contributed by atoms with Gasteiger partial charge in [-0.2, -0.15) is 13.2 Å². The molecule has 6 heteroatoms. The molecule has 2 nitrogen and oxygen atoms in total. The van der Waals surface area contributed by atoms with Gasteiger partial charge in [0, 0.05) is 6.61 Å². The molecule has 0 aromatic rings. The Balaban J connectivity index is 0. The quantitative estimate of drug-likeness (QED) is 0.358. The Hall–Kier alpha value is 0.307. The largest absolute Gasteiger partial charge is 1.00 e. The average molecular weight is 178 g/mol. The van der Waals surface area contributed by atoms with Gasteiger partial charge >= 0.3 is 25.0 Å². The summed E-state index contributed by atoms with van der Waals surface area (Å²) in [4.78, 5) is 0. The van der Waals surface area contributed by atoms with Gasteiger partial charge in [-0.15, -0.1) is 6.10 Å². The van der Waals surface area contributed by atoms with Crippen LogP contribution >= 0.6 is 0 Å². The van der Waals surface area contributed by atoms with Gasteiger partial charge < -0.3 is 9.84 Å². The van der Waals surface area contributed by atoms with E-state index in [4.69, 9.17) is 0 Å². The van der Waals surface area contributed by atoms with E-state index in [0.717, 1.165) is 0 Å². The van der Waals surface area contributed by atoms with Crippen LogP contribution in [0, 0.1) is 0 Å². The first-order valence-electron chi connectivity index (χ1n) is 3.22. The van der Waals surface area contributed by atoms with Crippen LogP contribution in [0.4, 0.5) is 13.2 Å². The molecule has 0 aliphatic rings. The van der Waals surface area contributed by atoms with E-state index in [1.807, 2.05) is 0 Å². The molecule has 0 saturated heterocycles. The summed E-state index contributed by atoms with van der Waals surface area (Å²) in [6, 6.07) is 0. The van der Waals surface area contributed by atoms with Crippen LogP contribution in [0.25, 0.3) is 0 Å². The van der Waals surface area contributed by atoms with E-state index in [1.54, 1.807) is 0 Å². The van der Waals surface area contributed by atoms with Crippen molar-refractivity contribution < 1.29 is 41.9 Å². The predicted octanol–water partition coefficient (Wildman–Crippen LogP) is -2.29. The van der Waals surface area contributed by atoms with Gasteiger partial charge in [0.1, 0.15) is 6.61 Å². The van der Waals surface area contributed by atoms with Gasteiger partial charge in [0.25, 0.3) is 0 Å². The van der Waals surface area contributed by atoms with Crippen LogP contribution in [0.1, 0.15) is 13.3 Å². The Morgan fingerprint density at radius 1 is 1.42 bits per heavy atom. The minimum atomic E-state index is -4.29. The third-order valence-corrected chi connectivity index (χ3v) is 0.934. The molecule has 0 aliphatic heterocycles. The Bertz CT molecular complexity index is 105. The summed E-state index contributed by atoms with van der Waals surface area (Å²) in [5, 5.41) is 10.3. The summed E-state index contributed by atoms with van der Waals surface area (Å²) in [7, 11) is 0. The molecule has 0 heterocycles. The number of halogens is 3. The predicted molar refractivity (Wildman–Crippen MR) is 31.0 cm³/mol. The number of ether oxygens (including phenoxy) is 1. The van der Waals surface area contributed by atoms with Crippen LogP contribution < -0.4 is 24.0 Å². The fourth-order valence-corrected chi connectivity index (χ4v) is 0.437. The third-order valence-electron chi connectivity index (χ3n) is 0.934. The summed E-state index contributed by atoms with van der Waals surface area (Å²) >= 11 is 0. The molecular weight excluding hydrogens is 168 g/mol. The van der Waals surface area contributed by atoms with Crippen molar-refractivity contribution >= 4 is 0 Å². The van der Waals surface area contributed by atoms with Crippen LogP contribution in [-0.4, -0.2) is 25.5 Å². The topological polar surface area (TPSA) is 32.3 Å². The normalized spacial score (nSPS) is 13.8. The van der Waals surface area contributed by atoms with Crippen molar-refractivity contribution in [1.82, 2.24) is 0 Å². The number of rotatable bonds is 4. The Kier molecular flexibility index (Phi) is 8.37. The number of hydrogen-bond donors (Lipinski definition) is 0. The molecule has 0 rings (SSSR count). The molecule has 1 unspecified atom stereocenters. The van der Waals surface area contributed by atoms with Gasteiger partial charge in [0.15, 0.2) is 0 Å². The van der Waals surface area contributed by atoms with Gasteiger partial charge in [-0.3, -0.25) is 0 Å². The zero-order valence-corrected chi connectivity index (χ0v) is 7.15. The van der Waals surface area contributed by atoms with E-state index in [1.165, 1.54) is 6.92 Å². The van der Waals surface area contributed by atoms with E-state index in [0.29, 0.717) is 0 Å². The minimum Gasteiger partial charge on any atom is -0.852 e. The average Bonchev–Trinajstić information content (AvgIpc) is 1.78. The van der Waals surface area contributed by atoms with Gasteiger partial charge in [0.2, 0.25) is 0 Å². The molecule has 0 N–H and O–H groups in total. The molecule has 0 spiro atoms. The van der Waals surface area contributed by atoms with E-state index in [-0.39, 0.29) is 31.9 Å².